The molecule has 3 rings (SSSR count). The average molecular weight is 302 g/mol. The Kier molecular flexibility index (Phi) is 4.64. The van der Waals surface area contributed by atoms with Gasteiger partial charge < -0.3 is 14.6 Å². The summed E-state index contributed by atoms with van der Waals surface area (Å²) in [6.45, 7) is 10.8. The van der Waals surface area contributed by atoms with Crippen LogP contribution < -0.4 is 10.1 Å². The highest BCUT2D eigenvalue weighted by molar-refractivity contribution is 5.77. The Morgan fingerprint density at radius 3 is 2.73 bits per heavy atom. The molecule has 5 heteroatoms. The van der Waals surface area contributed by atoms with Gasteiger partial charge in [0.2, 0.25) is 0 Å². The molecule has 0 saturated carbocycles. The van der Waals surface area contributed by atoms with Crippen molar-refractivity contribution in [3.8, 4) is 5.75 Å². The standard InChI is InChI=1S/C17H26N4O/c1-13(2)11-21-16-5-4-14(22-3)10-15(16)19-17(21)12-20-8-6-18-7-9-20/h4-5,10,13,18H,6-9,11-12H2,1-3H3. The normalized spacial score (nSPS) is 16.5. The van der Waals surface area contributed by atoms with Crippen LogP contribution in [-0.4, -0.2) is 47.7 Å². The Balaban J connectivity index is 1.94. The zero-order chi connectivity index (χ0) is 15.5. The third-order valence-electron chi connectivity index (χ3n) is 4.16. The minimum atomic E-state index is 0.598. The summed E-state index contributed by atoms with van der Waals surface area (Å²) in [4.78, 5) is 7.37. The second-order valence-electron chi connectivity index (χ2n) is 6.41. The van der Waals surface area contributed by atoms with E-state index in [1.165, 1.54) is 11.3 Å². The summed E-state index contributed by atoms with van der Waals surface area (Å²) in [5.74, 6) is 2.63. The number of nitrogens with one attached hydrogen (secondary N) is 1. The van der Waals surface area contributed by atoms with Gasteiger partial charge in [0.25, 0.3) is 0 Å². The van der Waals surface area contributed by atoms with Crippen molar-refractivity contribution < 1.29 is 4.74 Å². The molecule has 1 N–H and O–H groups in total. The van der Waals surface area contributed by atoms with Crippen LogP contribution in [0.3, 0.4) is 0 Å². The first-order valence-corrected chi connectivity index (χ1v) is 8.13. The fraction of sp³-hybridized carbons (Fsp3) is 0.588. The van der Waals surface area contributed by atoms with Crippen LogP contribution in [0.4, 0.5) is 0 Å². The zero-order valence-electron chi connectivity index (χ0n) is 13.8. The van der Waals surface area contributed by atoms with Crippen LogP contribution in [0.15, 0.2) is 18.2 Å². The van der Waals surface area contributed by atoms with Crippen LogP contribution >= 0.6 is 0 Å². The third kappa shape index (κ3) is 3.25. The lowest BCUT2D eigenvalue weighted by atomic mass is 10.2. The van der Waals surface area contributed by atoms with Crippen LogP contribution in [-0.2, 0) is 13.1 Å². The lowest BCUT2D eigenvalue weighted by Crippen LogP contribution is -2.43. The first kappa shape index (κ1) is 15.3. The molecule has 0 amide bonds. The minimum Gasteiger partial charge on any atom is -0.497 e. The Labute approximate surface area is 132 Å². The van der Waals surface area contributed by atoms with E-state index in [4.69, 9.17) is 9.72 Å². The van der Waals surface area contributed by atoms with E-state index in [0.29, 0.717) is 5.92 Å². The molecule has 1 aliphatic rings. The molecular weight excluding hydrogens is 276 g/mol. The van der Waals surface area contributed by atoms with E-state index in [-0.39, 0.29) is 0 Å². The Morgan fingerprint density at radius 2 is 2.05 bits per heavy atom. The maximum atomic E-state index is 5.33. The lowest BCUT2D eigenvalue weighted by Gasteiger charge is -2.27. The smallest absolute Gasteiger partial charge is 0.124 e. The molecule has 0 bridgehead atoms. The number of nitrogens with zero attached hydrogens (tertiary/aromatic N) is 3. The van der Waals surface area contributed by atoms with Gasteiger partial charge in [-0.2, -0.15) is 0 Å². The SMILES string of the molecule is COc1ccc2c(c1)nc(CN1CCNCC1)n2CC(C)C. The molecule has 0 aliphatic carbocycles. The summed E-state index contributed by atoms with van der Waals surface area (Å²) < 4.78 is 7.71. The summed E-state index contributed by atoms with van der Waals surface area (Å²) in [7, 11) is 1.70. The second kappa shape index (κ2) is 6.67. The van der Waals surface area contributed by atoms with Gasteiger partial charge in [-0.25, -0.2) is 4.98 Å². The summed E-state index contributed by atoms with van der Waals surface area (Å²) in [5, 5.41) is 3.40. The molecule has 0 spiro atoms. The number of benzene rings is 1. The Hall–Kier alpha value is -1.59. The maximum absolute atomic E-state index is 5.33. The van der Waals surface area contributed by atoms with Crippen LogP contribution in [0.5, 0.6) is 5.75 Å². The third-order valence-corrected chi connectivity index (χ3v) is 4.16. The van der Waals surface area contributed by atoms with Crippen molar-refractivity contribution in [2.45, 2.75) is 26.9 Å². The van der Waals surface area contributed by atoms with Crippen molar-refractivity contribution in [2.75, 3.05) is 33.3 Å². The molecule has 1 saturated heterocycles. The predicted molar refractivity (Wildman–Crippen MR) is 89.3 cm³/mol. The largest absolute Gasteiger partial charge is 0.497 e. The van der Waals surface area contributed by atoms with Crippen molar-refractivity contribution in [3.63, 3.8) is 0 Å². The average Bonchev–Trinajstić information content (AvgIpc) is 2.84. The molecule has 0 atom stereocenters. The van der Waals surface area contributed by atoms with Gasteiger partial charge >= 0.3 is 0 Å². The lowest BCUT2D eigenvalue weighted by molar-refractivity contribution is 0.224. The molecule has 0 unspecified atom stereocenters. The van der Waals surface area contributed by atoms with E-state index >= 15 is 0 Å². The van der Waals surface area contributed by atoms with E-state index in [1.807, 2.05) is 12.1 Å². The van der Waals surface area contributed by atoms with Crippen LogP contribution in [0, 0.1) is 5.92 Å². The second-order valence-corrected chi connectivity index (χ2v) is 6.41. The summed E-state index contributed by atoms with van der Waals surface area (Å²) in [5.41, 5.74) is 2.24. The number of aromatic nitrogens is 2. The first-order chi connectivity index (χ1) is 10.7. The van der Waals surface area contributed by atoms with Gasteiger partial charge in [-0.15, -0.1) is 0 Å². The van der Waals surface area contributed by atoms with E-state index in [1.54, 1.807) is 7.11 Å². The van der Waals surface area contributed by atoms with Gasteiger partial charge in [0.1, 0.15) is 11.6 Å². The highest BCUT2D eigenvalue weighted by Crippen LogP contribution is 2.23. The van der Waals surface area contributed by atoms with E-state index in [2.05, 4.69) is 34.7 Å². The molecule has 0 radical (unpaired) electrons. The zero-order valence-corrected chi connectivity index (χ0v) is 13.8. The number of hydrogen-bond acceptors (Lipinski definition) is 4. The van der Waals surface area contributed by atoms with Crippen molar-refractivity contribution >= 4 is 11.0 Å². The fourth-order valence-corrected chi connectivity index (χ4v) is 3.05. The molecule has 2 aromatic rings. The Bertz CT molecular complexity index is 629. The number of rotatable bonds is 5. The van der Waals surface area contributed by atoms with E-state index in [9.17, 15) is 0 Å². The number of hydrogen-bond donors (Lipinski definition) is 1. The van der Waals surface area contributed by atoms with Crippen molar-refractivity contribution in [1.82, 2.24) is 19.8 Å². The predicted octanol–water partition coefficient (Wildman–Crippen LogP) is 2.11. The van der Waals surface area contributed by atoms with Crippen molar-refractivity contribution in [1.29, 1.82) is 0 Å². The number of piperazine rings is 1. The summed E-state index contributed by atoms with van der Waals surface area (Å²) >= 11 is 0. The summed E-state index contributed by atoms with van der Waals surface area (Å²) in [6.07, 6.45) is 0. The molecule has 22 heavy (non-hydrogen) atoms. The fourth-order valence-electron chi connectivity index (χ4n) is 3.05. The van der Waals surface area contributed by atoms with Crippen molar-refractivity contribution in [2.24, 2.45) is 5.92 Å². The number of methoxy groups -OCH3 is 1. The minimum absolute atomic E-state index is 0.598. The quantitative estimate of drug-likeness (QED) is 0.918. The number of imidazole rings is 1. The number of fused-ring (bicyclic) bond motifs is 1. The molecule has 5 nitrogen and oxygen atoms in total. The molecular formula is C17H26N4O. The van der Waals surface area contributed by atoms with Gasteiger partial charge in [0.05, 0.1) is 24.7 Å². The topological polar surface area (TPSA) is 42.3 Å². The van der Waals surface area contributed by atoms with Gasteiger partial charge in [-0.3, -0.25) is 4.90 Å². The molecule has 2 heterocycles. The highest BCUT2D eigenvalue weighted by Gasteiger charge is 2.17. The molecule has 1 fully saturated rings. The molecule has 1 aromatic carbocycles. The number of ether oxygens (including phenoxy) is 1. The van der Waals surface area contributed by atoms with Gasteiger partial charge in [0, 0.05) is 38.8 Å². The molecule has 1 aliphatic heterocycles. The van der Waals surface area contributed by atoms with Crippen LogP contribution in [0.1, 0.15) is 19.7 Å². The van der Waals surface area contributed by atoms with Crippen LogP contribution in [0.2, 0.25) is 0 Å². The highest BCUT2D eigenvalue weighted by atomic mass is 16.5. The Morgan fingerprint density at radius 1 is 1.27 bits per heavy atom. The van der Waals surface area contributed by atoms with E-state index < -0.39 is 0 Å². The van der Waals surface area contributed by atoms with Gasteiger partial charge in [0.15, 0.2) is 0 Å². The van der Waals surface area contributed by atoms with Crippen molar-refractivity contribution in [3.05, 3.63) is 24.0 Å². The van der Waals surface area contributed by atoms with E-state index in [0.717, 1.165) is 50.5 Å². The molecule has 1 aromatic heterocycles. The van der Waals surface area contributed by atoms with Gasteiger partial charge in [-0.1, -0.05) is 13.8 Å². The summed E-state index contributed by atoms with van der Waals surface area (Å²) in [6, 6.07) is 6.19. The van der Waals surface area contributed by atoms with Gasteiger partial charge in [-0.05, 0) is 18.1 Å². The maximum Gasteiger partial charge on any atom is 0.124 e. The monoisotopic (exact) mass is 302 g/mol. The first-order valence-electron chi connectivity index (χ1n) is 8.13. The van der Waals surface area contributed by atoms with Crippen LogP contribution in [0.25, 0.3) is 11.0 Å². The molecule has 120 valence electrons.